The summed E-state index contributed by atoms with van der Waals surface area (Å²) in [4.78, 5) is 19.0. The van der Waals surface area contributed by atoms with Crippen LogP contribution in [0.3, 0.4) is 0 Å². The standard InChI is InChI=1S/C19H30N4O2/c24-19(20-8-4-5-9-21-14-16-25-17-15-21)23-12-10-22(11-13-23)18-6-2-1-3-7-18/h1-3,6-7H,4-5,8-17H2,(H,20,24). The average Bonchev–Trinajstić information content (AvgIpc) is 2.69. The zero-order valence-corrected chi connectivity index (χ0v) is 15.0. The Hall–Kier alpha value is -1.79. The Morgan fingerprint density at radius 1 is 0.960 bits per heavy atom. The first kappa shape index (κ1) is 18.0. The van der Waals surface area contributed by atoms with Crippen LogP contribution in [-0.2, 0) is 4.74 Å². The number of benzene rings is 1. The molecule has 1 N–H and O–H groups in total. The Labute approximate surface area is 150 Å². The van der Waals surface area contributed by atoms with Crippen LogP contribution < -0.4 is 10.2 Å². The number of ether oxygens (including phenoxy) is 1. The Bertz CT molecular complexity index is 511. The van der Waals surface area contributed by atoms with Gasteiger partial charge in [-0.05, 0) is 31.5 Å². The summed E-state index contributed by atoms with van der Waals surface area (Å²) >= 11 is 0. The molecule has 138 valence electrons. The van der Waals surface area contributed by atoms with Crippen LogP contribution in [0, 0.1) is 0 Å². The molecule has 3 rings (SSSR count). The first-order valence-corrected chi connectivity index (χ1v) is 9.46. The zero-order chi connectivity index (χ0) is 17.3. The van der Waals surface area contributed by atoms with Crippen molar-refractivity contribution in [3.63, 3.8) is 0 Å². The maximum Gasteiger partial charge on any atom is 0.317 e. The van der Waals surface area contributed by atoms with Crippen molar-refractivity contribution in [1.82, 2.24) is 15.1 Å². The van der Waals surface area contributed by atoms with Crippen molar-refractivity contribution < 1.29 is 9.53 Å². The molecule has 2 aliphatic heterocycles. The van der Waals surface area contributed by atoms with Crippen molar-refractivity contribution in [3.05, 3.63) is 30.3 Å². The summed E-state index contributed by atoms with van der Waals surface area (Å²) in [6, 6.07) is 10.5. The summed E-state index contributed by atoms with van der Waals surface area (Å²) in [6.07, 6.45) is 2.16. The fraction of sp³-hybridized carbons (Fsp3) is 0.632. The van der Waals surface area contributed by atoms with Gasteiger partial charge in [0.05, 0.1) is 13.2 Å². The van der Waals surface area contributed by atoms with Gasteiger partial charge in [0.15, 0.2) is 0 Å². The second kappa shape index (κ2) is 9.63. The van der Waals surface area contributed by atoms with Crippen LogP contribution in [-0.4, -0.2) is 81.4 Å². The van der Waals surface area contributed by atoms with Crippen molar-refractivity contribution in [2.45, 2.75) is 12.8 Å². The number of carbonyl (C=O) groups is 1. The quantitative estimate of drug-likeness (QED) is 0.796. The molecule has 2 aliphatic rings. The summed E-state index contributed by atoms with van der Waals surface area (Å²) in [5.41, 5.74) is 1.24. The molecule has 6 heteroatoms. The number of carbonyl (C=O) groups excluding carboxylic acids is 1. The molecule has 2 fully saturated rings. The van der Waals surface area contributed by atoms with Gasteiger partial charge in [0.1, 0.15) is 0 Å². The molecular formula is C19H30N4O2. The van der Waals surface area contributed by atoms with Crippen molar-refractivity contribution in [1.29, 1.82) is 0 Å². The van der Waals surface area contributed by atoms with Crippen LogP contribution in [0.2, 0.25) is 0 Å². The summed E-state index contributed by atoms with van der Waals surface area (Å²) in [6.45, 7) is 9.02. The molecule has 2 saturated heterocycles. The molecule has 6 nitrogen and oxygen atoms in total. The molecule has 25 heavy (non-hydrogen) atoms. The first-order chi connectivity index (χ1) is 12.3. The van der Waals surface area contributed by atoms with E-state index in [-0.39, 0.29) is 6.03 Å². The molecule has 0 saturated carbocycles. The summed E-state index contributed by atoms with van der Waals surface area (Å²) in [5, 5.41) is 3.07. The van der Waals surface area contributed by atoms with Crippen LogP contribution in [0.15, 0.2) is 30.3 Å². The molecule has 2 amide bonds. The highest BCUT2D eigenvalue weighted by Gasteiger charge is 2.20. The molecule has 0 bridgehead atoms. The number of amides is 2. The van der Waals surface area contributed by atoms with Crippen molar-refractivity contribution in [3.8, 4) is 0 Å². The van der Waals surface area contributed by atoms with Crippen molar-refractivity contribution in [2.75, 3.05) is 70.5 Å². The highest BCUT2D eigenvalue weighted by Crippen LogP contribution is 2.15. The molecule has 1 aromatic carbocycles. The molecule has 0 radical (unpaired) electrons. The van der Waals surface area contributed by atoms with Crippen molar-refractivity contribution in [2.24, 2.45) is 0 Å². The second-order valence-corrected chi connectivity index (χ2v) is 6.70. The maximum absolute atomic E-state index is 12.3. The van der Waals surface area contributed by atoms with Gasteiger partial charge in [0.2, 0.25) is 0 Å². The van der Waals surface area contributed by atoms with Gasteiger partial charge in [0, 0.05) is 51.5 Å². The highest BCUT2D eigenvalue weighted by molar-refractivity contribution is 5.74. The van der Waals surface area contributed by atoms with Crippen LogP contribution in [0.25, 0.3) is 0 Å². The molecule has 0 atom stereocenters. The minimum Gasteiger partial charge on any atom is -0.379 e. The largest absolute Gasteiger partial charge is 0.379 e. The van der Waals surface area contributed by atoms with E-state index in [0.29, 0.717) is 0 Å². The van der Waals surface area contributed by atoms with Gasteiger partial charge in [-0.2, -0.15) is 0 Å². The second-order valence-electron chi connectivity index (χ2n) is 6.70. The third-order valence-electron chi connectivity index (χ3n) is 4.97. The van der Waals surface area contributed by atoms with E-state index in [0.717, 1.165) is 78.4 Å². The predicted octanol–water partition coefficient (Wildman–Crippen LogP) is 1.63. The molecule has 0 aliphatic carbocycles. The number of piperazine rings is 1. The van der Waals surface area contributed by atoms with Crippen LogP contribution in [0.1, 0.15) is 12.8 Å². The topological polar surface area (TPSA) is 48.1 Å². The van der Waals surface area contributed by atoms with Gasteiger partial charge in [-0.15, -0.1) is 0 Å². The molecule has 0 spiro atoms. The molecule has 0 unspecified atom stereocenters. The zero-order valence-electron chi connectivity index (χ0n) is 15.0. The number of urea groups is 1. The lowest BCUT2D eigenvalue weighted by Crippen LogP contribution is -2.52. The third-order valence-corrected chi connectivity index (χ3v) is 4.97. The smallest absolute Gasteiger partial charge is 0.317 e. The SMILES string of the molecule is O=C(NCCCCN1CCOCC1)N1CCN(c2ccccc2)CC1. The fourth-order valence-corrected chi connectivity index (χ4v) is 3.40. The Morgan fingerprint density at radius 2 is 1.68 bits per heavy atom. The fourth-order valence-electron chi connectivity index (χ4n) is 3.40. The third kappa shape index (κ3) is 5.61. The summed E-state index contributed by atoms with van der Waals surface area (Å²) in [5.74, 6) is 0. The molecule has 1 aromatic rings. The number of anilines is 1. The number of unbranched alkanes of at least 4 members (excludes halogenated alkanes) is 1. The molecular weight excluding hydrogens is 316 g/mol. The number of morpholine rings is 1. The van der Waals surface area contributed by atoms with E-state index in [1.54, 1.807) is 0 Å². The van der Waals surface area contributed by atoms with E-state index in [4.69, 9.17) is 4.74 Å². The highest BCUT2D eigenvalue weighted by atomic mass is 16.5. The van der Waals surface area contributed by atoms with E-state index >= 15 is 0 Å². The van der Waals surface area contributed by atoms with Crippen LogP contribution >= 0.6 is 0 Å². The van der Waals surface area contributed by atoms with Gasteiger partial charge in [-0.1, -0.05) is 18.2 Å². The maximum atomic E-state index is 12.3. The summed E-state index contributed by atoms with van der Waals surface area (Å²) < 4.78 is 5.35. The molecule has 0 aromatic heterocycles. The lowest BCUT2D eigenvalue weighted by molar-refractivity contribution is 0.0372. The number of hydrogen-bond acceptors (Lipinski definition) is 4. The monoisotopic (exact) mass is 346 g/mol. The normalized spacial score (nSPS) is 19.0. The van der Waals surface area contributed by atoms with E-state index in [1.165, 1.54) is 5.69 Å². The minimum atomic E-state index is 0.0825. The van der Waals surface area contributed by atoms with Crippen LogP contribution in [0.5, 0.6) is 0 Å². The van der Waals surface area contributed by atoms with Gasteiger partial charge in [-0.25, -0.2) is 4.79 Å². The summed E-state index contributed by atoms with van der Waals surface area (Å²) in [7, 11) is 0. The van der Waals surface area contributed by atoms with E-state index in [9.17, 15) is 4.79 Å². The number of rotatable bonds is 6. The first-order valence-electron chi connectivity index (χ1n) is 9.46. The Balaban J connectivity index is 1.28. The number of para-hydroxylation sites is 1. The predicted molar refractivity (Wildman–Crippen MR) is 100 cm³/mol. The van der Waals surface area contributed by atoms with E-state index in [1.807, 2.05) is 11.0 Å². The van der Waals surface area contributed by atoms with Crippen molar-refractivity contribution >= 4 is 11.7 Å². The number of nitrogens with zero attached hydrogens (tertiary/aromatic N) is 3. The lowest BCUT2D eigenvalue weighted by Gasteiger charge is -2.36. The van der Waals surface area contributed by atoms with E-state index in [2.05, 4.69) is 39.4 Å². The molecule has 2 heterocycles. The van der Waals surface area contributed by atoms with Gasteiger partial charge < -0.3 is 19.9 Å². The van der Waals surface area contributed by atoms with Gasteiger partial charge >= 0.3 is 6.03 Å². The average molecular weight is 346 g/mol. The van der Waals surface area contributed by atoms with Crippen LogP contribution in [0.4, 0.5) is 10.5 Å². The lowest BCUT2D eigenvalue weighted by atomic mass is 10.2. The number of hydrogen-bond donors (Lipinski definition) is 1. The van der Waals surface area contributed by atoms with E-state index < -0.39 is 0 Å². The van der Waals surface area contributed by atoms with Gasteiger partial charge in [-0.3, -0.25) is 4.90 Å². The van der Waals surface area contributed by atoms with Gasteiger partial charge in [0.25, 0.3) is 0 Å². The Kier molecular flexibility index (Phi) is 6.94. The Morgan fingerprint density at radius 3 is 2.40 bits per heavy atom. The minimum absolute atomic E-state index is 0.0825. The number of nitrogens with one attached hydrogen (secondary N) is 1.